The van der Waals surface area contributed by atoms with Crippen molar-refractivity contribution in [1.29, 1.82) is 0 Å². The summed E-state index contributed by atoms with van der Waals surface area (Å²) in [6, 6.07) is 10.6. The molecule has 0 aliphatic carbocycles. The Morgan fingerprint density at radius 3 is 2.15 bits per heavy atom. The molecule has 0 spiro atoms. The molecule has 0 unspecified atom stereocenters. The first-order valence-corrected chi connectivity index (χ1v) is 9.87. The van der Waals surface area contributed by atoms with Gasteiger partial charge in [0.05, 0.1) is 5.56 Å². The molecule has 146 valence electrons. The van der Waals surface area contributed by atoms with Crippen LogP contribution in [0.5, 0.6) is 5.75 Å². The van der Waals surface area contributed by atoms with Crippen LogP contribution in [-0.2, 0) is 6.42 Å². The summed E-state index contributed by atoms with van der Waals surface area (Å²) in [5.41, 5.74) is 1.48. The summed E-state index contributed by atoms with van der Waals surface area (Å²) >= 11 is 0. The lowest BCUT2D eigenvalue weighted by atomic mass is 10.0. The molecule has 27 heavy (non-hydrogen) atoms. The lowest BCUT2D eigenvalue weighted by Crippen LogP contribution is -2.10. The van der Waals surface area contributed by atoms with E-state index in [-0.39, 0.29) is 0 Å². The van der Waals surface area contributed by atoms with Gasteiger partial charge >= 0.3 is 5.97 Å². The maximum absolute atomic E-state index is 13.6. The lowest BCUT2D eigenvalue weighted by Gasteiger charge is -2.07. The molecule has 0 saturated carbocycles. The average Bonchev–Trinajstić information content (AvgIpc) is 2.68. The minimum Gasteiger partial charge on any atom is -0.420 e. The first-order valence-electron chi connectivity index (χ1n) is 9.87. The van der Waals surface area contributed by atoms with Gasteiger partial charge in [-0.2, -0.15) is 4.39 Å². The van der Waals surface area contributed by atoms with Crippen LogP contribution in [0.1, 0.15) is 74.2 Å². The fourth-order valence-corrected chi connectivity index (χ4v) is 2.99. The minimum absolute atomic E-state index is 0.318. The zero-order chi connectivity index (χ0) is 19.5. The Balaban J connectivity index is 1.74. The number of hydrogen-bond acceptors (Lipinski definition) is 2. The zero-order valence-corrected chi connectivity index (χ0v) is 16.0. The van der Waals surface area contributed by atoms with E-state index >= 15 is 0 Å². The number of unbranched alkanes of at least 4 members (excludes halogenated alkanes) is 7. The van der Waals surface area contributed by atoms with E-state index in [0.717, 1.165) is 24.5 Å². The molecule has 0 bridgehead atoms. The normalized spacial score (nSPS) is 10.8. The van der Waals surface area contributed by atoms with Crippen molar-refractivity contribution in [2.75, 3.05) is 0 Å². The largest absolute Gasteiger partial charge is 0.420 e. The van der Waals surface area contributed by atoms with Crippen molar-refractivity contribution in [3.63, 3.8) is 0 Å². The standard InChI is InChI=1S/C23H28F2O2/c1-2-3-4-5-6-7-8-9-11-18-14-16-19(17-15-18)23(26)27-21-13-10-12-20(24)22(21)25/h10,12-17H,2-9,11H2,1H3. The van der Waals surface area contributed by atoms with E-state index < -0.39 is 23.4 Å². The third kappa shape index (κ3) is 7.12. The van der Waals surface area contributed by atoms with Gasteiger partial charge in [0.1, 0.15) is 0 Å². The molecule has 0 radical (unpaired) electrons. The van der Waals surface area contributed by atoms with Crippen LogP contribution in [0.25, 0.3) is 0 Å². The van der Waals surface area contributed by atoms with Crippen molar-refractivity contribution >= 4 is 5.97 Å². The topological polar surface area (TPSA) is 26.3 Å². The van der Waals surface area contributed by atoms with E-state index in [4.69, 9.17) is 4.74 Å². The van der Waals surface area contributed by atoms with Crippen LogP contribution in [-0.4, -0.2) is 5.97 Å². The van der Waals surface area contributed by atoms with Gasteiger partial charge in [-0.25, -0.2) is 9.18 Å². The van der Waals surface area contributed by atoms with Crippen molar-refractivity contribution in [1.82, 2.24) is 0 Å². The Bertz CT molecular complexity index is 711. The first kappa shape index (κ1) is 21.1. The van der Waals surface area contributed by atoms with E-state index in [0.29, 0.717) is 5.56 Å². The van der Waals surface area contributed by atoms with Crippen molar-refractivity contribution in [3.8, 4) is 5.75 Å². The molecule has 0 N–H and O–H groups in total. The average molecular weight is 374 g/mol. The molecule has 0 aliphatic rings. The van der Waals surface area contributed by atoms with Gasteiger partial charge in [0.25, 0.3) is 0 Å². The number of benzene rings is 2. The van der Waals surface area contributed by atoms with Gasteiger partial charge in [0, 0.05) is 0 Å². The summed E-state index contributed by atoms with van der Waals surface area (Å²) in [6.45, 7) is 2.23. The number of halogens is 2. The van der Waals surface area contributed by atoms with Crippen molar-refractivity contribution in [3.05, 3.63) is 65.2 Å². The van der Waals surface area contributed by atoms with Crippen LogP contribution in [0.3, 0.4) is 0 Å². The van der Waals surface area contributed by atoms with Crippen LogP contribution in [0.4, 0.5) is 8.78 Å². The van der Waals surface area contributed by atoms with Crippen molar-refractivity contribution < 1.29 is 18.3 Å². The molecule has 0 aliphatic heterocycles. The zero-order valence-electron chi connectivity index (χ0n) is 16.0. The summed E-state index contributed by atoms with van der Waals surface area (Å²) in [6.07, 6.45) is 11.2. The number of carbonyl (C=O) groups excluding carboxylic acids is 1. The Morgan fingerprint density at radius 2 is 1.48 bits per heavy atom. The number of ether oxygens (including phenoxy) is 1. The second-order valence-corrected chi connectivity index (χ2v) is 6.86. The molecule has 0 heterocycles. The van der Waals surface area contributed by atoms with Crippen LogP contribution in [0, 0.1) is 11.6 Å². The second kappa shape index (κ2) is 11.5. The summed E-state index contributed by atoms with van der Waals surface area (Å²) in [7, 11) is 0. The van der Waals surface area contributed by atoms with Crippen LogP contribution in [0.2, 0.25) is 0 Å². The molecule has 4 heteroatoms. The Morgan fingerprint density at radius 1 is 0.852 bits per heavy atom. The van der Waals surface area contributed by atoms with E-state index in [1.165, 1.54) is 57.1 Å². The van der Waals surface area contributed by atoms with E-state index in [9.17, 15) is 13.6 Å². The molecule has 0 amide bonds. The molecular formula is C23H28F2O2. The van der Waals surface area contributed by atoms with E-state index in [1.54, 1.807) is 12.1 Å². The monoisotopic (exact) mass is 374 g/mol. The SMILES string of the molecule is CCCCCCCCCCc1ccc(C(=O)Oc2cccc(F)c2F)cc1. The number of aryl methyl sites for hydroxylation is 1. The smallest absolute Gasteiger partial charge is 0.343 e. The van der Waals surface area contributed by atoms with Gasteiger partial charge in [-0.05, 0) is 42.7 Å². The van der Waals surface area contributed by atoms with Crippen LogP contribution >= 0.6 is 0 Å². The fraction of sp³-hybridized carbons (Fsp3) is 0.435. The number of esters is 1. The highest BCUT2D eigenvalue weighted by Crippen LogP contribution is 2.20. The third-order valence-corrected chi connectivity index (χ3v) is 4.63. The van der Waals surface area contributed by atoms with Crippen LogP contribution in [0.15, 0.2) is 42.5 Å². The highest BCUT2D eigenvalue weighted by Gasteiger charge is 2.14. The van der Waals surface area contributed by atoms with Gasteiger partial charge in [0.2, 0.25) is 5.82 Å². The summed E-state index contributed by atoms with van der Waals surface area (Å²) in [5, 5.41) is 0. The first-order chi connectivity index (χ1) is 13.1. The van der Waals surface area contributed by atoms with Gasteiger partial charge in [-0.15, -0.1) is 0 Å². The van der Waals surface area contributed by atoms with Gasteiger partial charge in [-0.3, -0.25) is 0 Å². The Labute approximate surface area is 160 Å². The second-order valence-electron chi connectivity index (χ2n) is 6.86. The quantitative estimate of drug-likeness (QED) is 0.244. The van der Waals surface area contributed by atoms with E-state index in [2.05, 4.69) is 6.92 Å². The predicted octanol–water partition coefficient (Wildman–Crippen LogP) is 6.87. The number of rotatable bonds is 11. The highest BCUT2D eigenvalue weighted by atomic mass is 19.2. The molecule has 0 saturated heterocycles. The fourth-order valence-electron chi connectivity index (χ4n) is 2.99. The van der Waals surface area contributed by atoms with Crippen molar-refractivity contribution in [2.45, 2.75) is 64.7 Å². The van der Waals surface area contributed by atoms with Gasteiger partial charge < -0.3 is 4.74 Å². The Kier molecular flexibility index (Phi) is 8.96. The molecule has 0 atom stereocenters. The van der Waals surface area contributed by atoms with Gasteiger partial charge in [-0.1, -0.05) is 70.1 Å². The predicted molar refractivity (Wildman–Crippen MR) is 104 cm³/mol. The minimum atomic E-state index is -1.16. The molecule has 2 aromatic carbocycles. The molecule has 2 nitrogen and oxygen atoms in total. The highest BCUT2D eigenvalue weighted by molar-refractivity contribution is 5.91. The molecule has 0 fully saturated rings. The number of carbonyl (C=O) groups is 1. The van der Waals surface area contributed by atoms with Crippen LogP contribution < -0.4 is 4.74 Å². The third-order valence-electron chi connectivity index (χ3n) is 4.63. The van der Waals surface area contributed by atoms with Gasteiger partial charge in [0.15, 0.2) is 11.6 Å². The Hall–Kier alpha value is -2.23. The summed E-state index contributed by atoms with van der Waals surface area (Å²) in [5.74, 6) is -3.29. The maximum atomic E-state index is 13.6. The van der Waals surface area contributed by atoms with E-state index in [1.807, 2.05) is 12.1 Å². The number of hydrogen-bond donors (Lipinski definition) is 0. The summed E-state index contributed by atoms with van der Waals surface area (Å²) in [4.78, 5) is 12.1. The molecule has 2 aromatic rings. The molecule has 0 aromatic heterocycles. The maximum Gasteiger partial charge on any atom is 0.343 e. The molecule has 2 rings (SSSR count). The summed E-state index contributed by atoms with van der Waals surface area (Å²) < 4.78 is 31.7. The molecular weight excluding hydrogens is 346 g/mol. The van der Waals surface area contributed by atoms with Crippen molar-refractivity contribution in [2.24, 2.45) is 0 Å². The lowest BCUT2D eigenvalue weighted by molar-refractivity contribution is 0.0726.